The van der Waals surface area contributed by atoms with Gasteiger partial charge in [-0.3, -0.25) is 0 Å². The van der Waals surface area contributed by atoms with Gasteiger partial charge in [-0.05, 0) is 0 Å². The third-order valence-corrected chi connectivity index (χ3v) is 15.6. The second-order valence-electron chi connectivity index (χ2n) is 11.3. The van der Waals surface area contributed by atoms with Crippen molar-refractivity contribution in [1.29, 1.82) is 0 Å². The van der Waals surface area contributed by atoms with E-state index in [2.05, 4.69) is 27.7 Å². The molecule has 0 saturated carbocycles. The third-order valence-electron chi connectivity index (χ3n) is 8.25. The minimum absolute atomic E-state index is 0.149. The van der Waals surface area contributed by atoms with Crippen molar-refractivity contribution in [2.45, 2.75) is 79.1 Å². The fourth-order valence-electron chi connectivity index (χ4n) is 6.04. The van der Waals surface area contributed by atoms with E-state index in [0.717, 1.165) is 124 Å². The molecule has 232 valence electrons. The first-order chi connectivity index (χ1) is 21.5. The zero-order valence-electron chi connectivity index (χ0n) is 25.6. The van der Waals surface area contributed by atoms with Gasteiger partial charge in [0.15, 0.2) is 0 Å². The van der Waals surface area contributed by atoms with E-state index >= 15 is 0 Å². The molecule has 0 N–H and O–H groups in total. The summed E-state index contributed by atoms with van der Waals surface area (Å²) in [5.41, 5.74) is -1.03. The predicted octanol–water partition coefficient (Wildman–Crippen LogP) is 7.12. The Morgan fingerprint density at radius 1 is 0.432 bits per heavy atom. The van der Waals surface area contributed by atoms with E-state index in [0.29, 0.717) is 34.9 Å². The molecule has 0 bridgehead atoms. The van der Waals surface area contributed by atoms with Gasteiger partial charge in [0.25, 0.3) is 0 Å². The van der Waals surface area contributed by atoms with Crippen LogP contribution in [0.1, 0.15) is 79.1 Å². The summed E-state index contributed by atoms with van der Waals surface area (Å²) in [5.74, 6) is 3.24. The minimum atomic E-state index is -0.513. The first kappa shape index (κ1) is 30.5. The van der Waals surface area contributed by atoms with Crippen LogP contribution in [-0.4, -0.2) is 69.9 Å². The van der Waals surface area contributed by atoms with Gasteiger partial charge < -0.3 is 0 Å². The van der Waals surface area contributed by atoms with Crippen LogP contribution < -0.4 is 30.2 Å². The summed E-state index contributed by atoms with van der Waals surface area (Å²) < 4.78 is 37.8. The van der Waals surface area contributed by atoms with Gasteiger partial charge in [-0.2, -0.15) is 0 Å². The summed E-state index contributed by atoms with van der Waals surface area (Å²) in [7, 11) is 0. The molecule has 0 radical (unpaired) electrons. The van der Waals surface area contributed by atoms with E-state index in [1.54, 1.807) is 0 Å². The average molecular weight is 794 g/mol. The number of rotatable bonds is 16. The Morgan fingerprint density at radius 2 is 0.682 bits per heavy atom. The van der Waals surface area contributed by atoms with Gasteiger partial charge >= 0.3 is 274 Å². The molecule has 4 aromatic heterocycles. The summed E-state index contributed by atoms with van der Waals surface area (Å²) in [5, 5.41) is 6.27. The Balaban J connectivity index is 1.69. The Morgan fingerprint density at radius 3 is 0.955 bits per heavy atom. The summed E-state index contributed by atoms with van der Waals surface area (Å²) in [6, 6.07) is 0. The number of unbranched alkanes of at least 4 members (excludes halogenated alkanes) is 4. The van der Waals surface area contributed by atoms with Gasteiger partial charge in [-0.25, -0.2) is 0 Å². The van der Waals surface area contributed by atoms with Crippen LogP contribution >= 0.6 is 0 Å². The van der Waals surface area contributed by atoms with E-state index in [1.807, 2.05) is 0 Å². The molecule has 0 aliphatic heterocycles. The molecule has 0 aliphatic rings. The van der Waals surface area contributed by atoms with E-state index in [4.69, 9.17) is 23.4 Å². The number of ether oxygens (including phenoxy) is 4. The van der Waals surface area contributed by atoms with E-state index in [9.17, 15) is 9.59 Å². The van der Waals surface area contributed by atoms with E-state index in [1.165, 1.54) is 0 Å². The topological polar surface area (TPSA) is 84.2 Å². The zero-order valence-corrected chi connectivity index (χ0v) is 30.7. The zero-order chi connectivity index (χ0) is 30.5. The molecule has 7 rings (SSSR count). The maximum atomic E-state index is 13.5. The summed E-state index contributed by atoms with van der Waals surface area (Å²) >= 11 is -0.930. The van der Waals surface area contributed by atoms with Crippen molar-refractivity contribution in [3.05, 3.63) is 20.8 Å². The van der Waals surface area contributed by atoms with Gasteiger partial charge in [-0.1, -0.05) is 0 Å². The van der Waals surface area contributed by atoms with E-state index < -0.39 is 40.3 Å². The maximum absolute atomic E-state index is 13.5. The number of hydrogen-bond acceptors (Lipinski definition) is 7. The third kappa shape index (κ3) is 4.63. The quantitative estimate of drug-likeness (QED) is 0.0586. The molecule has 44 heavy (non-hydrogen) atoms. The molecule has 0 aliphatic carbocycles. The van der Waals surface area contributed by atoms with Crippen LogP contribution in [0.15, 0.2) is 14.0 Å². The molecule has 3 aromatic carbocycles. The average Bonchev–Trinajstić information content (AvgIpc) is 3.69. The molecule has 7 nitrogen and oxygen atoms in total. The normalized spacial score (nSPS) is 12.5. The van der Waals surface area contributed by atoms with Crippen LogP contribution in [0.3, 0.4) is 0 Å². The molecule has 10 heteroatoms. The van der Waals surface area contributed by atoms with Crippen molar-refractivity contribution < 1.29 is 23.4 Å². The van der Waals surface area contributed by atoms with Crippen LogP contribution in [0.4, 0.5) is 0 Å². The molecular formula is C34H36O7Se3. The SMILES string of the molecule is CCCCOc1c(OCCCC)c2[se]c3c(=O)oc(=O)c4[se]c5c(OCCCC)c(OCCCC)c6[se]c1c1c6c5c4c3c21. The van der Waals surface area contributed by atoms with Gasteiger partial charge in [0.1, 0.15) is 0 Å². The van der Waals surface area contributed by atoms with E-state index in [-0.39, 0.29) is 14.5 Å². The Bertz CT molecular complexity index is 2030. The Hall–Kier alpha value is -2.18. The van der Waals surface area contributed by atoms with Crippen molar-refractivity contribution >= 4 is 101 Å². The summed E-state index contributed by atoms with van der Waals surface area (Å²) in [6.07, 6.45) is 7.87. The van der Waals surface area contributed by atoms with Crippen LogP contribution in [0.25, 0.3) is 57.9 Å². The fraction of sp³-hybridized carbons (Fsp3) is 0.471. The predicted molar refractivity (Wildman–Crippen MR) is 182 cm³/mol. The molecule has 4 heterocycles. The molecule has 0 atom stereocenters. The monoisotopic (exact) mass is 796 g/mol. The van der Waals surface area contributed by atoms with Crippen molar-refractivity contribution in [2.24, 2.45) is 0 Å². The Kier molecular flexibility index (Phi) is 8.69. The second-order valence-corrected chi connectivity index (χ2v) is 17.8. The second kappa shape index (κ2) is 12.5. The van der Waals surface area contributed by atoms with Crippen LogP contribution in [-0.2, 0) is 0 Å². The number of hydrogen-bond donors (Lipinski definition) is 0. The summed E-state index contributed by atoms with van der Waals surface area (Å²) in [6.45, 7) is 11.0. The van der Waals surface area contributed by atoms with Crippen molar-refractivity contribution in [1.82, 2.24) is 0 Å². The van der Waals surface area contributed by atoms with Crippen molar-refractivity contribution in [3.63, 3.8) is 0 Å². The van der Waals surface area contributed by atoms with Crippen LogP contribution in [0.2, 0.25) is 0 Å². The molecular weight excluding hydrogens is 757 g/mol. The first-order valence-corrected chi connectivity index (χ1v) is 21.0. The van der Waals surface area contributed by atoms with Gasteiger partial charge in [0.05, 0.1) is 0 Å². The molecule has 0 spiro atoms. The molecule has 0 amide bonds. The number of benzene rings is 3. The molecule has 0 unspecified atom stereocenters. The van der Waals surface area contributed by atoms with Crippen molar-refractivity contribution in [2.75, 3.05) is 26.4 Å². The first-order valence-electron chi connectivity index (χ1n) is 15.8. The van der Waals surface area contributed by atoms with Gasteiger partial charge in [0, 0.05) is 0 Å². The van der Waals surface area contributed by atoms with Crippen LogP contribution in [0, 0.1) is 0 Å². The van der Waals surface area contributed by atoms with Crippen molar-refractivity contribution in [3.8, 4) is 23.0 Å². The molecule has 0 fully saturated rings. The molecule has 0 saturated heterocycles. The van der Waals surface area contributed by atoms with Crippen LogP contribution in [0.5, 0.6) is 23.0 Å². The van der Waals surface area contributed by atoms with Gasteiger partial charge in [-0.15, -0.1) is 0 Å². The fourth-order valence-corrected chi connectivity index (χ4v) is 13.8. The standard InChI is InChI=1S/C34H36O7Se3/c1-5-9-13-37-23-25(39-15-11-7-3)29-19-17-18-20-22-21(19)31(43-29)33(35)41-34(36)32(22)44-30(20)26(40-16-12-8-4)24(38-14-10-6-2)28(18)42-27(17)23/h5-16H2,1-4H3. The Labute approximate surface area is 272 Å². The van der Waals surface area contributed by atoms with Gasteiger partial charge in [0.2, 0.25) is 0 Å². The molecule has 7 aromatic rings. The summed E-state index contributed by atoms with van der Waals surface area (Å²) in [4.78, 5) is 27.0.